The maximum atomic E-state index is 12.9. The second-order valence-corrected chi connectivity index (χ2v) is 7.27. The molecule has 2 saturated heterocycles. The lowest BCUT2D eigenvalue weighted by molar-refractivity contribution is 0.0743. The lowest BCUT2D eigenvalue weighted by Gasteiger charge is -2.36. The van der Waals surface area contributed by atoms with E-state index >= 15 is 0 Å². The van der Waals surface area contributed by atoms with Crippen molar-refractivity contribution in [1.82, 2.24) is 24.6 Å². The van der Waals surface area contributed by atoms with Crippen LogP contribution < -0.4 is 14.5 Å². The normalized spacial score (nSPS) is 17.6. The lowest BCUT2D eigenvalue weighted by atomic mass is 10.2. The molecular weight excluding hydrogens is 374 g/mol. The number of ether oxygens (including phenoxy) is 2. The standard InChI is InChI=1S/C19H27N7O3/c1-14-12-16(21-19(20-14)26-8-10-29-11-9-26)24-4-6-25(7-5-24)18(27)15-13-23(2)22-17(15)28-3/h12-13H,4-11H2,1-3H3. The van der Waals surface area contributed by atoms with Crippen LogP contribution in [0.5, 0.6) is 5.88 Å². The third-order valence-corrected chi connectivity index (χ3v) is 5.23. The van der Waals surface area contributed by atoms with Crippen molar-refractivity contribution in [3.63, 3.8) is 0 Å². The van der Waals surface area contributed by atoms with Crippen LogP contribution in [-0.4, -0.2) is 90.1 Å². The van der Waals surface area contributed by atoms with Crippen LogP contribution in [0.15, 0.2) is 12.3 Å². The third-order valence-electron chi connectivity index (χ3n) is 5.23. The molecule has 0 saturated carbocycles. The van der Waals surface area contributed by atoms with Crippen molar-refractivity contribution >= 4 is 17.7 Å². The van der Waals surface area contributed by atoms with E-state index in [0.717, 1.165) is 30.5 Å². The van der Waals surface area contributed by atoms with Crippen molar-refractivity contribution in [1.29, 1.82) is 0 Å². The molecule has 0 atom stereocenters. The second kappa shape index (κ2) is 8.24. The molecule has 156 valence electrons. The van der Waals surface area contributed by atoms with E-state index in [1.807, 2.05) is 17.9 Å². The molecule has 0 aliphatic carbocycles. The minimum absolute atomic E-state index is 0.0533. The van der Waals surface area contributed by atoms with Crippen LogP contribution in [0.25, 0.3) is 0 Å². The summed E-state index contributed by atoms with van der Waals surface area (Å²) in [7, 11) is 3.31. The van der Waals surface area contributed by atoms with Gasteiger partial charge in [0.25, 0.3) is 5.91 Å². The van der Waals surface area contributed by atoms with Gasteiger partial charge >= 0.3 is 0 Å². The number of carbonyl (C=O) groups is 1. The molecule has 0 spiro atoms. The Bertz CT molecular complexity index is 871. The van der Waals surface area contributed by atoms with Gasteiger partial charge in [-0.3, -0.25) is 9.48 Å². The van der Waals surface area contributed by atoms with Gasteiger partial charge in [0, 0.05) is 64.3 Å². The van der Waals surface area contributed by atoms with Crippen molar-refractivity contribution in [2.24, 2.45) is 7.05 Å². The number of carbonyl (C=O) groups excluding carboxylic acids is 1. The molecule has 4 rings (SSSR count). The molecule has 1 amide bonds. The number of aryl methyl sites for hydroxylation is 2. The zero-order valence-electron chi connectivity index (χ0n) is 17.2. The second-order valence-electron chi connectivity index (χ2n) is 7.27. The van der Waals surface area contributed by atoms with Gasteiger partial charge in [0.2, 0.25) is 11.8 Å². The fourth-order valence-corrected chi connectivity index (χ4v) is 3.68. The largest absolute Gasteiger partial charge is 0.479 e. The number of morpholine rings is 1. The number of hydrogen-bond acceptors (Lipinski definition) is 8. The number of rotatable bonds is 4. The summed E-state index contributed by atoms with van der Waals surface area (Å²) in [5.41, 5.74) is 1.44. The number of amides is 1. The Hall–Kier alpha value is -2.88. The van der Waals surface area contributed by atoms with E-state index in [4.69, 9.17) is 14.5 Å². The molecule has 2 aliphatic rings. The zero-order chi connectivity index (χ0) is 20.4. The summed E-state index contributed by atoms with van der Waals surface area (Å²) in [5, 5.41) is 4.18. The SMILES string of the molecule is COc1nn(C)cc1C(=O)N1CCN(c2cc(C)nc(N3CCOCC3)n2)CC1. The fourth-order valence-electron chi connectivity index (χ4n) is 3.68. The number of aromatic nitrogens is 4. The predicted octanol–water partition coefficient (Wildman–Crippen LogP) is 0.326. The summed E-state index contributed by atoms with van der Waals surface area (Å²) in [6.45, 7) is 7.66. The molecule has 0 unspecified atom stereocenters. The van der Waals surface area contributed by atoms with Gasteiger partial charge in [-0.05, 0) is 6.92 Å². The third kappa shape index (κ3) is 4.12. The molecule has 2 aliphatic heterocycles. The van der Waals surface area contributed by atoms with E-state index in [-0.39, 0.29) is 5.91 Å². The minimum Gasteiger partial charge on any atom is -0.479 e. The van der Waals surface area contributed by atoms with Gasteiger partial charge in [0.15, 0.2) is 0 Å². The van der Waals surface area contributed by atoms with Gasteiger partial charge < -0.3 is 24.2 Å². The smallest absolute Gasteiger partial charge is 0.261 e. The molecule has 2 aromatic heterocycles. The summed E-state index contributed by atoms with van der Waals surface area (Å²) < 4.78 is 12.3. The molecule has 29 heavy (non-hydrogen) atoms. The first-order valence-corrected chi connectivity index (χ1v) is 9.85. The van der Waals surface area contributed by atoms with Gasteiger partial charge in [-0.2, -0.15) is 4.98 Å². The first kappa shape index (κ1) is 19.4. The minimum atomic E-state index is -0.0533. The van der Waals surface area contributed by atoms with Crippen molar-refractivity contribution < 1.29 is 14.3 Å². The van der Waals surface area contributed by atoms with Crippen LogP contribution >= 0.6 is 0 Å². The highest BCUT2D eigenvalue weighted by atomic mass is 16.5. The van der Waals surface area contributed by atoms with Crippen LogP contribution in [0.1, 0.15) is 16.1 Å². The highest BCUT2D eigenvalue weighted by molar-refractivity contribution is 5.96. The fraction of sp³-hybridized carbons (Fsp3) is 0.579. The molecule has 10 nitrogen and oxygen atoms in total. The average molecular weight is 401 g/mol. The van der Waals surface area contributed by atoms with Crippen LogP contribution in [0.2, 0.25) is 0 Å². The predicted molar refractivity (Wildman–Crippen MR) is 108 cm³/mol. The molecule has 0 bridgehead atoms. The van der Waals surface area contributed by atoms with Gasteiger partial charge in [-0.15, -0.1) is 5.10 Å². The number of hydrogen-bond donors (Lipinski definition) is 0. The van der Waals surface area contributed by atoms with Gasteiger partial charge in [0.05, 0.1) is 20.3 Å². The molecule has 4 heterocycles. The Morgan fingerprint density at radius 1 is 1.07 bits per heavy atom. The molecule has 0 radical (unpaired) electrons. The van der Waals surface area contributed by atoms with Crippen LogP contribution in [0.3, 0.4) is 0 Å². The zero-order valence-corrected chi connectivity index (χ0v) is 17.2. The lowest BCUT2D eigenvalue weighted by Crippen LogP contribution is -2.49. The number of methoxy groups -OCH3 is 1. The van der Waals surface area contributed by atoms with E-state index in [2.05, 4.69) is 19.9 Å². The van der Waals surface area contributed by atoms with Gasteiger partial charge in [-0.1, -0.05) is 0 Å². The van der Waals surface area contributed by atoms with Crippen molar-refractivity contribution in [3.05, 3.63) is 23.5 Å². The summed E-state index contributed by atoms with van der Waals surface area (Å²) >= 11 is 0. The Balaban J connectivity index is 1.44. The highest BCUT2D eigenvalue weighted by Crippen LogP contribution is 2.22. The van der Waals surface area contributed by atoms with Crippen molar-refractivity contribution in [2.75, 3.05) is 69.4 Å². The maximum absolute atomic E-state index is 12.9. The first-order valence-electron chi connectivity index (χ1n) is 9.85. The topological polar surface area (TPSA) is 88.9 Å². The Kier molecular flexibility index (Phi) is 5.52. The van der Waals surface area contributed by atoms with E-state index in [1.54, 1.807) is 17.9 Å². The molecule has 0 aromatic carbocycles. The van der Waals surface area contributed by atoms with E-state index < -0.39 is 0 Å². The quantitative estimate of drug-likeness (QED) is 0.724. The average Bonchev–Trinajstić information content (AvgIpc) is 3.14. The van der Waals surface area contributed by atoms with Crippen LogP contribution in [0, 0.1) is 6.92 Å². The van der Waals surface area contributed by atoms with Gasteiger partial charge in [-0.25, -0.2) is 4.98 Å². The number of nitrogens with zero attached hydrogens (tertiary/aromatic N) is 7. The number of anilines is 2. The summed E-state index contributed by atoms with van der Waals surface area (Å²) in [5.74, 6) is 1.97. The molecule has 10 heteroatoms. The Morgan fingerprint density at radius 3 is 2.48 bits per heavy atom. The molecule has 2 fully saturated rings. The highest BCUT2D eigenvalue weighted by Gasteiger charge is 2.27. The van der Waals surface area contributed by atoms with Gasteiger partial charge in [0.1, 0.15) is 11.4 Å². The summed E-state index contributed by atoms with van der Waals surface area (Å²) in [4.78, 5) is 28.5. The maximum Gasteiger partial charge on any atom is 0.261 e. The monoisotopic (exact) mass is 401 g/mol. The number of piperazine rings is 1. The Labute approximate surface area is 170 Å². The van der Waals surface area contributed by atoms with E-state index in [9.17, 15) is 4.79 Å². The summed E-state index contributed by atoms with van der Waals surface area (Å²) in [6, 6.07) is 2.01. The molecular formula is C19H27N7O3. The first-order chi connectivity index (χ1) is 14.0. The van der Waals surface area contributed by atoms with Crippen LogP contribution in [-0.2, 0) is 11.8 Å². The molecule has 2 aromatic rings. The summed E-state index contributed by atoms with van der Waals surface area (Å²) in [6.07, 6.45) is 1.70. The van der Waals surface area contributed by atoms with Crippen molar-refractivity contribution in [3.8, 4) is 5.88 Å². The van der Waals surface area contributed by atoms with Crippen molar-refractivity contribution in [2.45, 2.75) is 6.92 Å². The molecule has 0 N–H and O–H groups in total. The Morgan fingerprint density at radius 2 is 1.79 bits per heavy atom. The van der Waals surface area contributed by atoms with Crippen LogP contribution in [0.4, 0.5) is 11.8 Å². The van der Waals surface area contributed by atoms with E-state index in [0.29, 0.717) is 50.8 Å². The van der Waals surface area contributed by atoms with E-state index in [1.165, 1.54) is 7.11 Å².